The Balaban J connectivity index is 1.79. The number of carboxylic acids is 1. The molecule has 1 atom stereocenters. The highest BCUT2D eigenvalue weighted by molar-refractivity contribution is 5.75. The van der Waals surface area contributed by atoms with Gasteiger partial charge >= 0.3 is 12.0 Å². The molecule has 2 rings (SSSR count). The lowest BCUT2D eigenvalue weighted by molar-refractivity contribution is -0.136. The fraction of sp³-hybridized carbons (Fsp3) is 0.467. The number of amides is 2. The number of carboxylic acid groups (broad SMARTS) is 1. The van der Waals surface area contributed by atoms with E-state index in [1.807, 2.05) is 18.2 Å². The molecule has 0 aromatic heterocycles. The van der Waals surface area contributed by atoms with Gasteiger partial charge in [0.05, 0.1) is 6.42 Å². The molecule has 0 saturated carbocycles. The highest BCUT2D eigenvalue weighted by Gasteiger charge is 2.21. The maximum atomic E-state index is 11.7. The average molecular weight is 291 g/mol. The molecule has 1 aromatic carbocycles. The zero-order chi connectivity index (χ0) is 15.1. The lowest BCUT2D eigenvalue weighted by Gasteiger charge is -2.34. The molecule has 0 bridgehead atoms. The summed E-state index contributed by atoms with van der Waals surface area (Å²) in [7, 11) is 0. The lowest BCUT2D eigenvalue weighted by Crippen LogP contribution is -2.50. The SMILES string of the molecule is O=C(O)CCNC(=O)NC1CCCN(c2ccccc2)C1. The van der Waals surface area contributed by atoms with Crippen LogP contribution in [0.5, 0.6) is 0 Å². The van der Waals surface area contributed by atoms with Crippen molar-refractivity contribution in [2.24, 2.45) is 0 Å². The Kier molecular flexibility index (Phi) is 5.43. The Morgan fingerprint density at radius 2 is 2.05 bits per heavy atom. The summed E-state index contributed by atoms with van der Waals surface area (Å²) in [6, 6.07) is 9.92. The Bertz CT molecular complexity index is 478. The van der Waals surface area contributed by atoms with Gasteiger partial charge in [0.25, 0.3) is 0 Å². The predicted octanol–water partition coefficient (Wildman–Crippen LogP) is 1.43. The normalized spacial score (nSPS) is 18.1. The second kappa shape index (κ2) is 7.52. The molecule has 114 valence electrons. The van der Waals surface area contributed by atoms with Crippen molar-refractivity contribution in [3.63, 3.8) is 0 Å². The third-order valence-corrected chi connectivity index (χ3v) is 3.50. The third-order valence-electron chi connectivity index (χ3n) is 3.50. The maximum absolute atomic E-state index is 11.7. The number of benzene rings is 1. The Labute approximate surface area is 124 Å². The van der Waals surface area contributed by atoms with Crippen molar-refractivity contribution in [3.05, 3.63) is 30.3 Å². The molecule has 3 N–H and O–H groups in total. The third kappa shape index (κ3) is 4.98. The fourth-order valence-electron chi connectivity index (χ4n) is 2.49. The van der Waals surface area contributed by atoms with E-state index >= 15 is 0 Å². The molecule has 6 nitrogen and oxygen atoms in total. The molecule has 6 heteroatoms. The summed E-state index contributed by atoms with van der Waals surface area (Å²) >= 11 is 0. The molecule has 0 radical (unpaired) electrons. The summed E-state index contributed by atoms with van der Waals surface area (Å²) in [4.78, 5) is 24.4. The van der Waals surface area contributed by atoms with Crippen LogP contribution in [0.15, 0.2) is 30.3 Å². The molecule has 0 spiro atoms. The quantitative estimate of drug-likeness (QED) is 0.766. The molecule has 1 aliphatic heterocycles. The van der Waals surface area contributed by atoms with Crippen LogP contribution in [0.2, 0.25) is 0 Å². The van der Waals surface area contributed by atoms with E-state index in [4.69, 9.17) is 5.11 Å². The van der Waals surface area contributed by atoms with Crippen LogP contribution in [0.4, 0.5) is 10.5 Å². The van der Waals surface area contributed by atoms with Crippen molar-refractivity contribution in [2.75, 3.05) is 24.5 Å². The molecule has 2 amide bonds. The molecule has 1 heterocycles. The van der Waals surface area contributed by atoms with E-state index in [0.29, 0.717) is 0 Å². The predicted molar refractivity (Wildman–Crippen MR) is 80.5 cm³/mol. The van der Waals surface area contributed by atoms with Gasteiger partial charge in [0, 0.05) is 31.4 Å². The number of nitrogens with zero attached hydrogens (tertiary/aromatic N) is 1. The van der Waals surface area contributed by atoms with E-state index in [-0.39, 0.29) is 25.0 Å². The van der Waals surface area contributed by atoms with Gasteiger partial charge in [-0.25, -0.2) is 4.79 Å². The van der Waals surface area contributed by atoms with E-state index in [2.05, 4.69) is 27.7 Å². The van der Waals surface area contributed by atoms with Crippen LogP contribution in [0.25, 0.3) is 0 Å². The van der Waals surface area contributed by atoms with Gasteiger partial charge in [-0.15, -0.1) is 0 Å². The van der Waals surface area contributed by atoms with Crippen molar-refractivity contribution in [3.8, 4) is 0 Å². The highest BCUT2D eigenvalue weighted by atomic mass is 16.4. The van der Waals surface area contributed by atoms with Gasteiger partial charge in [-0.2, -0.15) is 0 Å². The van der Waals surface area contributed by atoms with E-state index in [1.54, 1.807) is 0 Å². The van der Waals surface area contributed by atoms with Gasteiger partial charge in [0.1, 0.15) is 0 Å². The number of nitrogens with one attached hydrogen (secondary N) is 2. The van der Waals surface area contributed by atoms with E-state index in [0.717, 1.165) is 31.6 Å². The zero-order valence-electron chi connectivity index (χ0n) is 11.9. The van der Waals surface area contributed by atoms with Crippen molar-refractivity contribution in [1.82, 2.24) is 10.6 Å². The Morgan fingerprint density at radius 1 is 1.29 bits per heavy atom. The first-order valence-electron chi connectivity index (χ1n) is 7.21. The maximum Gasteiger partial charge on any atom is 0.315 e. The van der Waals surface area contributed by atoms with Crippen molar-refractivity contribution >= 4 is 17.7 Å². The number of carbonyl (C=O) groups is 2. The fourth-order valence-corrected chi connectivity index (χ4v) is 2.49. The zero-order valence-corrected chi connectivity index (χ0v) is 11.9. The van der Waals surface area contributed by atoms with Crippen molar-refractivity contribution < 1.29 is 14.7 Å². The van der Waals surface area contributed by atoms with Gasteiger partial charge in [0.15, 0.2) is 0 Å². The topological polar surface area (TPSA) is 81.7 Å². The van der Waals surface area contributed by atoms with Gasteiger partial charge in [-0.3, -0.25) is 4.79 Å². The summed E-state index contributed by atoms with van der Waals surface area (Å²) in [6.07, 6.45) is 1.90. The molecule has 1 aromatic rings. The minimum atomic E-state index is -0.914. The minimum Gasteiger partial charge on any atom is -0.481 e. The first-order valence-corrected chi connectivity index (χ1v) is 7.21. The van der Waals surface area contributed by atoms with E-state index in [9.17, 15) is 9.59 Å². The van der Waals surface area contributed by atoms with Crippen LogP contribution in [-0.4, -0.2) is 42.8 Å². The number of aliphatic carboxylic acids is 1. The standard InChI is InChI=1S/C15H21N3O3/c19-14(20)8-9-16-15(21)17-12-5-4-10-18(11-12)13-6-2-1-3-7-13/h1-3,6-7,12H,4-5,8-11H2,(H,19,20)(H2,16,17,21). The van der Waals surface area contributed by atoms with Crippen LogP contribution in [0.1, 0.15) is 19.3 Å². The number of urea groups is 1. The van der Waals surface area contributed by atoms with Gasteiger partial charge in [0.2, 0.25) is 0 Å². The Hall–Kier alpha value is -2.24. The van der Waals surface area contributed by atoms with Crippen LogP contribution < -0.4 is 15.5 Å². The van der Waals surface area contributed by atoms with Gasteiger partial charge in [-0.05, 0) is 25.0 Å². The number of hydrogen-bond acceptors (Lipinski definition) is 3. The number of carbonyl (C=O) groups excluding carboxylic acids is 1. The second-order valence-corrected chi connectivity index (χ2v) is 5.16. The van der Waals surface area contributed by atoms with E-state index in [1.165, 1.54) is 0 Å². The summed E-state index contributed by atoms with van der Waals surface area (Å²) in [5, 5.41) is 14.0. The first kappa shape index (κ1) is 15.2. The molecule has 1 saturated heterocycles. The lowest BCUT2D eigenvalue weighted by atomic mass is 10.1. The van der Waals surface area contributed by atoms with Crippen molar-refractivity contribution in [2.45, 2.75) is 25.3 Å². The van der Waals surface area contributed by atoms with Crippen LogP contribution in [0.3, 0.4) is 0 Å². The van der Waals surface area contributed by atoms with Crippen LogP contribution >= 0.6 is 0 Å². The summed E-state index contributed by atoms with van der Waals surface area (Å²) < 4.78 is 0. The van der Waals surface area contributed by atoms with Crippen LogP contribution in [0, 0.1) is 0 Å². The van der Waals surface area contributed by atoms with Crippen molar-refractivity contribution in [1.29, 1.82) is 0 Å². The average Bonchev–Trinajstić information content (AvgIpc) is 2.48. The summed E-state index contributed by atoms with van der Waals surface area (Å²) in [5.41, 5.74) is 1.16. The number of piperidine rings is 1. The molecular formula is C15H21N3O3. The summed E-state index contributed by atoms with van der Waals surface area (Å²) in [6.45, 7) is 1.91. The second-order valence-electron chi connectivity index (χ2n) is 5.16. The largest absolute Gasteiger partial charge is 0.481 e. The molecule has 1 fully saturated rings. The monoisotopic (exact) mass is 291 g/mol. The van der Waals surface area contributed by atoms with Crippen LogP contribution in [-0.2, 0) is 4.79 Å². The number of anilines is 1. The number of hydrogen-bond donors (Lipinski definition) is 3. The Morgan fingerprint density at radius 3 is 2.76 bits per heavy atom. The summed E-state index contributed by atoms with van der Waals surface area (Å²) in [5.74, 6) is -0.914. The number of para-hydroxylation sites is 1. The smallest absolute Gasteiger partial charge is 0.315 e. The van der Waals surface area contributed by atoms with Gasteiger partial charge < -0.3 is 20.6 Å². The molecule has 0 aliphatic carbocycles. The van der Waals surface area contributed by atoms with Gasteiger partial charge in [-0.1, -0.05) is 18.2 Å². The molecular weight excluding hydrogens is 270 g/mol. The molecule has 1 aliphatic rings. The highest BCUT2D eigenvalue weighted by Crippen LogP contribution is 2.19. The molecule has 1 unspecified atom stereocenters. The minimum absolute atomic E-state index is 0.0613. The number of rotatable bonds is 5. The first-order chi connectivity index (χ1) is 10.1. The van der Waals surface area contributed by atoms with E-state index < -0.39 is 5.97 Å². The molecule has 21 heavy (non-hydrogen) atoms.